The summed E-state index contributed by atoms with van der Waals surface area (Å²) in [5.41, 5.74) is 0. The van der Waals surface area contributed by atoms with E-state index in [1.54, 1.807) is 6.92 Å². The number of hydrogen-bond acceptors (Lipinski definition) is 2. The van der Waals surface area contributed by atoms with Crippen molar-refractivity contribution in [1.82, 2.24) is 0 Å². The highest BCUT2D eigenvalue weighted by atomic mass is 32.1. The maximum absolute atomic E-state index is 10.8. The Morgan fingerprint density at radius 2 is 1.92 bits per heavy atom. The summed E-state index contributed by atoms with van der Waals surface area (Å²) in [6, 6.07) is 4.34. The molecule has 0 atom stereocenters. The SMILES string of the molecule is CCCc1ccc(CCC(C)=O)s1. The van der Waals surface area contributed by atoms with Crippen LogP contribution in [0.4, 0.5) is 0 Å². The number of aryl methyl sites for hydroxylation is 2. The Morgan fingerprint density at radius 1 is 1.31 bits per heavy atom. The molecule has 13 heavy (non-hydrogen) atoms. The summed E-state index contributed by atoms with van der Waals surface area (Å²) in [6.07, 6.45) is 3.98. The van der Waals surface area contributed by atoms with Crippen LogP contribution in [-0.2, 0) is 17.6 Å². The van der Waals surface area contributed by atoms with E-state index >= 15 is 0 Å². The fraction of sp³-hybridized carbons (Fsp3) is 0.545. The van der Waals surface area contributed by atoms with Crippen LogP contribution in [0.3, 0.4) is 0 Å². The van der Waals surface area contributed by atoms with E-state index in [1.807, 2.05) is 11.3 Å². The van der Waals surface area contributed by atoms with Crippen molar-refractivity contribution in [2.24, 2.45) is 0 Å². The molecule has 1 rings (SSSR count). The molecule has 0 spiro atoms. The first kappa shape index (κ1) is 10.5. The Labute approximate surface area is 83.8 Å². The molecule has 0 aliphatic heterocycles. The molecule has 1 aromatic heterocycles. The predicted octanol–water partition coefficient (Wildman–Crippen LogP) is 3.22. The molecule has 0 amide bonds. The first-order valence-corrected chi connectivity index (χ1v) is 5.61. The molecule has 0 radical (unpaired) electrons. The first-order chi connectivity index (χ1) is 6.22. The van der Waals surface area contributed by atoms with Crippen molar-refractivity contribution in [2.45, 2.75) is 39.5 Å². The lowest BCUT2D eigenvalue weighted by molar-refractivity contribution is -0.116. The summed E-state index contributed by atoms with van der Waals surface area (Å²) in [7, 11) is 0. The van der Waals surface area contributed by atoms with E-state index in [1.165, 1.54) is 22.6 Å². The average molecular weight is 196 g/mol. The minimum atomic E-state index is 0.283. The zero-order valence-corrected chi connectivity index (χ0v) is 9.12. The molecule has 0 N–H and O–H groups in total. The molecule has 0 aromatic carbocycles. The highest BCUT2D eigenvalue weighted by molar-refractivity contribution is 7.11. The molecule has 1 aromatic rings. The van der Waals surface area contributed by atoms with Crippen molar-refractivity contribution in [3.63, 3.8) is 0 Å². The van der Waals surface area contributed by atoms with Gasteiger partial charge in [0.15, 0.2) is 0 Å². The zero-order valence-electron chi connectivity index (χ0n) is 8.30. The van der Waals surface area contributed by atoms with Crippen molar-refractivity contribution in [3.05, 3.63) is 21.9 Å². The Kier molecular flexibility index (Phi) is 4.16. The van der Waals surface area contributed by atoms with Crippen LogP contribution in [0.5, 0.6) is 0 Å². The summed E-state index contributed by atoms with van der Waals surface area (Å²) in [4.78, 5) is 13.5. The van der Waals surface area contributed by atoms with Crippen molar-refractivity contribution in [3.8, 4) is 0 Å². The molecule has 1 heterocycles. The number of ketones is 1. The van der Waals surface area contributed by atoms with Gasteiger partial charge in [-0.1, -0.05) is 13.3 Å². The maximum Gasteiger partial charge on any atom is 0.130 e. The second kappa shape index (κ2) is 5.18. The number of carbonyl (C=O) groups excluding carboxylic acids is 1. The third kappa shape index (κ3) is 3.73. The van der Waals surface area contributed by atoms with Crippen LogP contribution in [0.25, 0.3) is 0 Å². The maximum atomic E-state index is 10.8. The van der Waals surface area contributed by atoms with Crippen molar-refractivity contribution < 1.29 is 4.79 Å². The molecule has 0 bridgehead atoms. The Hall–Kier alpha value is -0.630. The van der Waals surface area contributed by atoms with Gasteiger partial charge in [-0.25, -0.2) is 0 Å². The van der Waals surface area contributed by atoms with Gasteiger partial charge in [-0.15, -0.1) is 11.3 Å². The third-order valence-corrected chi connectivity index (χ3v) is 3.14. The van der Waals surface area contributed by atoms with Crippen LogP contribution in [0, 0.1) is 0 Å². The topological polar surface area (TPSA) is 17.1 Å². The van der Waals surface area contributed by atoms with Crippen LogP contribution in [0.2, 0.25) is 0 Å². The van der Waals surface area contributed by atoms with Gasteiger partial charge in [-0.05, 0) is 31.9 Å². The zero-order chi connectivity index (χ0) is 9.68. The molecule has 0 unspecified atom stereocenters. The number of rotatable bonds is 5. The van der Waals surface area contributed by atoms with Gasteiger partial charge < -0.3 is 4.79 Å². The minimum Gasteiger partial charge on any atom is -0.300 e. The van der Waals surface area contributed by atoms with Gasteiger partial charge in [-0.3, -0.25) is 0 Å². The Bertz CT molecular complexity index is 275. The molecule has 72 valence electrons. The highest BCUT2D eigenvalue weighted by Gasteiger charge is 2.00. The van der Waals surface area contributed by atoms with E-state index in [9.17, 15) is 4.79 Å². The number of thiophene rings is 1. The monoisotopic (exact) mass is 196 g/mol. The quantitative estimate of drug-likeness (QED) is 0.706. The van der Waals surface area contributed by atoms with Gasteiger partial charge in [0, 0.05) is 16.2 Å². The molecule has 0 aliphatic rings. The number of Topliss-reactive ketones (excluding diaryl/α,β-unsaturated/α-hetero) is 1. The van der Waals surface area contributed by atoms with E-state index in [2.05, 4.69) is 19.1 Å². The van der Waals surface area contributed by atoms with Gasteiger partial charge in [0.1, 0.15) is 5.78 Å². The molecule has 0 fully saturated rings. The second-order valence-electron chi connectivity index (χ2n) is 3.32. The van der Waals surface area contributed by atoms with Gasteiger partial charge in [0.2, 0.25) is 0 Å². The van der Waals surface area contributed by atoms with Gasteiger partial charge >= 0.3 is 0 Å². The lowest BCUT2D eigenvalue weighted by Crippen LogP contribution is -1.91. The van der Waals surface area contributed by atoms with Gasteiger partial charge in [-0.2, -0.15) is 0 Å². The summed E-state index contributed by atoms with van der Waals surface area (Å²) in [6.45, 7) is 3.84. The van der Waals surface area contributed by atoms with Crippen LogP contribution in [0.1, 0.15) is 36.4 Å². The molecule has 1 nitrogen and oxygen atoms in total. The van der Waals surface area contributed by atoms with Crippen LogP contribution >= 0.6 is 11.3 Å². The second-order valence-corrected chi connectivity index (χ2v) is 4.57. The van der Waals surface area contributed by atoms with Crippen molar-refractivity contribution in [2.75, 3.05) is 0 Å². The van der Waals surface area contributed by atoms with E-state index < -0.39 is 0 Å². The number of carbonyl (C=O) groups is 1. The highest BCUT2D eigenvalue weighted by Crippen LogP contribution is 2.19. The van der Waals surface area contributed by atoms with Crippen molar-refractivity contribution in [1.29, 1.82) is 0 Å². The fourth-order valence-electron chi connectivity index (χ4n) is 1.24. The Morgan fingerprint density at radius 3 is 2.46 bits per heavy atom. The van der Waals surface area contributed by atoms with Gasteiger partial charge in [0.25, 0.3) is 0 Å². The Balaban J connectivity index is 2.44. The minimum absolute atomic E-state index is 0.283. The summed E-state index contributed by atoms with van der Waals surface area (Å²) in [5, 5.41) is 0. The third-order valence-electron chi connectivity index (χ3n) is 1.94. The molecular weight excluding hydrogens is 180 g/mol. The van der Waals surface area contributed by atoms with Gasteiger partial charge in [0.05, 0.1) is 0 Å². The molecule has 0 saturated carbocycles. The van der Waals surface area contributed by atoms with Crippen LogP contribution < -0.4 is 0 Å². The smallest absolute Gasteiger partial charge is 0.130 e. The van der Waals surface area contributed by atoms with Crippen molar-refractivity contribution >= 4 is 17.1 Å². The average Bonchev–Trinajstić information content (AvgIpc) is 2.50. The molecule has 2 heteroatoms. The lowest BCUT2D eigenvalue weighted by atomic mass is 10.2. The van der Waals surface area contributed by atoms with Crippen LogP contribution in [0.15, 0.2) is 12.1 Å². The van der Waals surface area contributed by atoms with Crippen LogP contribution in [-0.4, -0.2) is 5.78 Å². The lowest BCUT2D eigenvalue weighted by Gasteiger charge is -1.92. The molecule has 0 saturated heterocycles. The summed E-state index contributed by atoms with van der Waals surface area (Å²) < 4.78 is 0. The fourth-order valence-corrected chi connectivity index (χ4v) is 2.36. The molecule has 0 aliphatic carbocycles. The van der Waals surface area contributed by atoms with E-state index in [-0.39, 0.29) is 5.78 Å². The molecular formula is C11H16OS. The summed E-state index contributed by atoms with van der Waals surface area (Å²) >= 11 is 1.85. The number of hydrogen-bond donors (Lipinski definition) is 0. The van der Waals surface area contributed by atoms with E-state index in [0.29, 0.717) is 6.42 Å². The first-order valence-electron chi connectivity index (χ1n) is 4.79. The normalized spacial score (nSPS) is 10.3. The van der Waals surface area contributed by atoms with E-state index in [0.717, 1.165) is 6.42 Å². The summed E-state index contributed by atoms with van der Waals surface area (Å²) in [5.74, 6) is 0.283. The predicted molar refractivity (Wildman–Crippen MR) is 57.3 cm³/mol. The standard InChI is InChI=1S/C11H16OS/c1-3-4-10-7-8-11(13-10)6-5-9(2)12/h7-8H,3-6H2,1-2H3. The largest absolute Gasteiger partial charge is 0.300 e. The van der Waals surface area contributed by atoms with E-state index in [4.69, 9.17) is 0 Å².